The second-order valence-electron chi connectivity index (χ2n) is 7.19. The molecule has 1 saturated heterocycles. The summed E-state index contributed by atoms with van der Waals surface area (Å²) in [4.78, 5) is 17.1. The first kappa shape index (κ1) is 21.9. The first-order chi connectivity index (χ1) is 14.3. The molecule has 0 spiro atoms. The van der Waals surface area contributed by atoms with Crippen molar-refractivity contribution in [2.45, 2.75) is 38.1 Å². The standard InChI is InChI=1S/C21H24F3N3O3/c1-14(25-20(29)10-12-28)15-5-7-16(8-6-15)30-17-9-11-27(13-17)19-4-2-3-18(26-19)21(22,23)24/h2-8,14,17,28H,9-13H2,1H3,(H,25,29)/t14?,17-/m1/s1. The van der Waals surface area contributed by atoms with Crippen LogP contribution < -0.4 is 15.0 Å². The molecule has 1 amide bonds. The number of amides is 1. The van der Waals surface area contributed by atoms with Gasteiger partial charge in [0.2, 0.25) is 5.91 Å². The van der Waals surface area contributed by atoms with E-state index in [0.717, 1.165) is 11.6 Å². The van der Waals surface area contributed by atoms with Gasteiger partial charge >= 0.3 is 6.18 Å². The number of aromatic nitrogens is 1. The van der Waals surface area contributed by atoms with Crippen LogP contribution in [0.3, 0.4) is 0 Å². The van der Waals surface area contributed by atoms with E-state index in [4.69, 9.17) is 9.84 Å². The lowest BCUT2D eigenvalue weighted by Crippen LogP contribution is -2.27. The Hall–Kier alpha value is -2.81. The number of rotatable bonds is 7. The van der Waals surface area contributed by atoms with E-state index < -0.39 is 11.9 Å². The second-order valence-corrected chi connectivity index (χ2v) is 7.19. The van der Waals surface area contributed by atoms with E-state index in [2.05, 4.69) is 10.3 Å². The predicted octanol–water partition coefficient (Wildman–Crippen LogP) is 3.32. The van der Waals surface area contributed by atoms with Gasteiger partial charge in [0.15, 0.2) is 0 Å². The molecule has 0 aliphatic carbocycles. The number of alkyl halides is 3. The summed E-state index contributed by atoms with van der Waals surface area (Å²) >= 11 is 0. The maximum absolute atomic E-state index is 12.9. The summed E-state index contributed by atoms with van der Waals surface area (Å²) in [6.45, 7) is 2.66. The number of aliphatic hydroxyl groups is 1. The van der Waals surface area contributed by atoms with Gasteiger partial charge in [0.1, 0.15) is 23.4 Å². The normalized spacial score (nSPS) is 17.6. The third-order valence-electron chi connectivity index (χ3n) is 4.89. The van der Waals surface area contributed by atoms with Gasteiger partial charge in [-0.05, 0) is 36.8 Å². The SMILES string of the molecule is CC(NC(=O)CCO)c1ccc(O[C@@H]2CCN(c3cccc(C(F)(F)F)n3)C2)cc1. The van der Waals surface area contributed by atoms with E-state index in [1.165, 1.54) is 6.07 Å². The Morgan fingerprint density at radius 1 is 1.30 bits per heavy atom. The Bertz CT molecular complexity index is 859. The lowest BCUT2D eigenvalue weighted by atomic mass is 10.1. The van der Waals surface area contributed by atoms with E-state index >= 15 is 0 Å². The van der Waals surface area contributed by atoms with Crippen LogP contribution in [-0.4, -0.2) is 41.8 Å². The molecule has 1 fully saturated rings. The molecule has 30 heavy (non-hydrogen) atoms. The van der Waals surface area contributed by atoms with Gasteiger partial charge < -0.3 is 20.1 Å². The quantitative estimate of drug-likeness (QED) is 0.715. The minimum absolute atomic E-state index is 0.0600. The van der Waals surface area contributed by atoms with Crippen molar-refractivity contribution >= 4 is 11.7 Å². The van der Waals surface area contributed by atoms with Crippen LogP contribution in [0.4, 0.5) is 19.0 Å². The number of hydrogen-bond acceptors (Lipinski definition) is 5. The fourth-order valence-corrected chi connectivity index (χ4v) is 3.32. The molecule has 1 aliphatic rings. The van der Waals surface area contributed by atoms with Crippen molar-refractivity contribution in [2.24, 2.45) is 0 Å². The van der Waals surface area contributed by atoms with Gasteiger partial charge in [-0.1, -0.05) is 18.2 Å². The Balaban J connectivity index is 1.56. The number of anilines is 1. The monoisotopic (exact) mass is 423 g/mol. The maximum atomic E-state index is 12.9. The fraction of sp³-hybridized carbons (Fsp3) is 0.429. The number of nitrogens with zero attached hydrogens (tertiary/aromatic N) is 2. The molecule has 1 aromatic heterocycles. The van der Waals surface area contributed by atoms with Crippen molar-refractivity contribution in [2.75, 3.05) is 24.6 Å². The molecule has 2 heterocycles. The molecule has 1 unspecified atom stereocenters. The van der Waals surface area contributed by atoms with Crippen LogP contribution in [0, 0.1) is 0 Å². The van der Waals surface area contributed by atoms with Crippen LogP contribution in [0.15, 0.2) is 42.5 Å². The lowest BCUT2D eigenvalue weighted by molar-refractivity contribution is -0.141. The summed E-state index contributed by atoms with van der Waals surface area (Å²) in [5, 5.41) is 11.6. The molecule has 6 nitrogen and oxygen atoms in total. The molecule has 3 rings (SSSR count). The molecule has 0 saturated carbocycles. The summed E-state index contributed by atoms with van der Waals surface area (Å²) in [7, 11) is 0. The Kier molecular flexibility index (Phi) is 6.81. The number of pyridine rings is 1. The molecule has 1 aliphatic heterocycles. The average molecular weight is 423 g/mol. The summed E-state index contributed by atoms with van der Waals surface area (Å²) in [6, 6.07) is 11.0. The molecular weight excluding hydrogens is 399 g/mol. The number of hydrogen-bond donors (Lipinski definition) is 2. The van der Waals surface area contributed by atoms with Gasteiger partial charge in [0, 0.05) is 19.4 Å². The molecular formula is C21H24F3N3O3. The minimum atomic E-state index is -4.47. The molecule has 2 N–H and O–H groups in total. The second kappa shape index (κ2) is 9.34. The first-order valence-corrected chi connectivity index (χ1v) is 9.72. The van der Waals surface area contributed by atoms with E-state index in [0.29, 0.717) is 31.1 Å². The molecule has 9 heteroatoms. The number of carbonyl (C=O) groups is 1. The van der Waals surface area contributed by atoms with Gasteiger partial charge in [-0.3, -0.25) is 4.79 Å². The highest BCUT2D eigenvalue weighted by Gasteiger charge is 2.33. The van der Waals surface area contributed by atoms with Crippen molar-refractivity contribution < 1.29 is 27.8 Å². The lowest BCUT2D eigenvalue weighted by Gasteiger charge is -2.19. The van der Waals surface area contributed by atoms with Crippen LogP contribution in [0.1, 0.15) is 37.1 Å². The number of nitrogens with one attached hydrogen (secondary N) is 1. The molecule has 2 atom stereocenters. The van der Waals surface area contributed by atoms with Crippen molar-refractivity contribution in [3.05, 3.63) is 53.7 Å². The molecule has 2 aromatic rings. The van der Waals surface area contributed by atoms with E-state index in [9.17, 15) is 18.0 Å². The van der Waals surface area contributed by atoms with Crippen molar-refractivity contribution in [3.8, 4) is 5.75 Å². The minimum Gasteiger partial charge on any atom is -0.489 e. The van der Waals surface area contributed by atoms with Gasteiger partial charge in [-0.15, -0.1) is 0 Å². The largest absolute Gasteiger partial charge is 0.489 e. The highest BCUT2D eigenvalue weighted by Crippen LogP contribution is 2.30. The van der Waals surface area contributed by atoms with Gasteiger partial charge in [-0.2, -0.15) is 13.2 Å². The Morgan fingerprint density at radius 2 is 2.03 bits per heavy atom. The van der Waals surface area contributed by atoms with Crippen molar-refractivity contribution in [3.63, 3.8) is 0 Å². The Labute approximate surface area is 172 Å². The van der Waals surface area contributed by atoms with Crippen LogP contribution in [0.25, 0.3) is 0 Å². The first-order valence-electron chi connectivity index (χ1n) is 9.72. The number of halogens is 3. The van der Waals surface area contributed by atoms with Gasteiger partial charge in [-0.25, -0.2) is 4.98 Å². The van der Waals surface area contributed by atoms with Gasteiger partial charge in [0.05, 0.1) is 19.2 Å². The fourth-order valence-electron chi connectivity index (χ4n) is 3.32. The smallest absolute Gasteiger partial charge is 0.433 e. The van der Waals surface area contributed by atoms with Crippen molar-refractivity contribution in [1.82, 2.24) is 10.3 Å². The molecule has 0 bridgehead atoms. The Morgan fingerprint density at radius 3 is 2.70 bits per heavy atom. The summed E-state index contributed by atoms with van der Waals surface area (Å²) < 4.78 is 44.6. The summed E-state index contributed by atoms with van der Waals surface area (Å²) in [5.41, 5.74) is -0.00462. The molecule has 0 radical (unpaired) electrons. The molecule has 1 aromatic carbocycles. The zero-order valence-corrected chi connectivity index (χ0v) is 16.5. The number of ether oxygens (including phenoxy) is 1. The summed E-state index contributed by atoms with van der Waals surface area (Å²) in [6.07, 6.45) is -3.89. The van der Waals surface area contributed by atoms with E-state index in [-0.39, 0.29) is 31.1 Å². The number of carbonyl (C=O) groups excluding carboxylic acids is 1. The maximum Gasteiger partial charge on any atom is 0.433 e. The third-order valence-corrected chi connectivity index (χ3v) is 4.89. The van der Waals surface area contributed by atoms with Crippen LogP contribution in [-0.2, 0) is 11.0 Å². The zero-order chi connectivity index (χ0) is 21.7. The van der Waals surface area contributed by atoms with Crippen LogP contribution >= 0.6 is 0 Å². The van der Waals surface area contributed by atoms with Crippen LogP contribution in [0.2, 0.25) is 0 Å². The highest BCUT2D eigenvalue weighted by molar-refractivity contribution is 5.76. The van der Waals surface area contributed by atoms with Gasteiger partial charge in [0.25, 0.3) is 0 Å². The third kappa shape index (κ3) is 5.63. The average Bonchev–Trinajstić information content (AvgIpc) is 3.16. The molecule has 162 valence electrons. The van der Waals surface area contributed by atoms with Crippen molar-refractivity contribution in [1.29, 1.82) is 0 Å². The number of benzene rings is 1. The summed E-state index contributed by atoms with van der Waals surface area (Å²) in [5.74, 6) is 0.717. The van der Waals surface area contributed by atoms with Crippen LogP contribution in [0.5, 0.6) is 5.75 Å². The highest BCUT2D eigenvalue weighted by atomic mass is 19.4. The predicted molar refractivity (Wildman–Crippen MR) is 105 cm³/mol. The topological polar surface area (TPSA) is 74.7 Å². The van der Waals surface area contributed by atoms with E-state index in [1.54, 1.807) is 23.1 Å². The van der Waals surface area contributed by atoms with E-state index in [1.807, 2.05) is 19.1 Å². The number of aliphatic hydroxyl groups excluding tert-OH is 1. The zero-order valence-electron chi connectivity index (χ0n) is 16.5.